The fourth-order valence-electron chi connectivity index (χ4n) is 1.05. The summed E-state index contributed by atoms with van der Waals surface area (Å²) >= 11 is 1.21. The molecule has 0 saturated heterocycles. The van der Waals surface area contributed by atoms with E-state index in [1.54, 1.807) is 18.4 Å². The molecule has 1 N–H and O–H groups in total. The van der Waals surface area contributed by atoms with Crippen LogP contribution in [0, 0.1) is 0 Å². The van der Waals surface area contributed by atoms with Crippen molar-refractivity contribution in [1.82, 2.24) is 0 Å². The van der Waals surface area contributed by atoms with Crippen LogP contribution in [0.15, 0.2) is 24.3 Å². The molecule has 0 aliphatic carbocycles. The number of hydrogen-bond donors (Lipinski definition) is 1. The lowest BCUT2D eigenvalue weighted by Gasteiger charge is -1.99. The van der Waals surface area contributed by atoms with Crippen LogP contribution in [0.25, 0.3) is 0 Å². The molecule has 0 heterocycles. The Morgan fingerprint density at radius 1 is 1.38 bits per heavy atom. The maximum Gasteiger partial charge on any atom is 0.219 e. The first-order valence-electron chi connectivity index (χ1n) is 4.06. The van der Waals surface area contributed by atoms with Gasteiger partial charge in [0.1, 0.15) is 0 Å². The molecule has 2 nitrogen and oxygen atoms in total. The highest BCUT2D eigenvalue weighted by Gasteiger charge is 2.02. The van der Waals surface area contributed by atoms with Gasteiger partial charge < -0.3 is 5.11 Å². The summed E-state index contributed by atoms with van der Waals surface area (Å²) in [7, 11) is 0. The summed E-state index contributed by atoms with van der Waals surface area (Å²) in [6.07, 6.45) is 2.41. The molecule has 0 unspecified atom stereocenters. The van der Waals surface area contributed by atoms with E-state index in [9.17, 15) is 4.79 Å². The van der Waals surface area contributed by atoms with E-state index in [2.05, 4.69) is 0 Å². The van der Waals surface area contributed by atoms with Crippen molar-refractivity contribution in [2.75, 3.05) is 12.9 Å². The summed E-state index contributed by atoms with van der Waals surface area (Å²) in [5.41, 5.74) is 1.77. The topological polar surface area (TPSA) is 37.3 Å². The number of hydrogen-bond acceptors (Lipinski definition) is 3. The smallest absolute Gasteiger partial charge is 0.219 e. The van der Waals surface area contributed by atoms with Gasteiger partial charge in [-0.05, 0) is 18.2 Å². The maximum absolute atomic E-state index is 11.2. The summed E-state index contributed by atoms with van der Waals surface area (Å²) in [5.74, 6) is 0. The molecule has 1 aromatic rings. The number of benzene rings is 1. The monoisotopic (exact) mass is 196 g/mol. The fourth-order valence-corrected chi connectivity index (χ4v) is 1.43. The first-order chi connectivity index (χ1) is 6.27. The van der Waals surface area contributed by atoms with Gasteiger partial charge in [-0.15, -0.1) is 0 Å². The predicted octanol–water partition coefficient (Wildman–Crippen LogP) is 1.72. The molecular formula is C10H12O2S. The summed E-state index contributed by atoms with van der Waals surface area (Å²) in [4.78, 5) is 11.2. The molecule has 13 heavy (non-hydrogen) atoms. The highest BCUT2D eigenvalue weighted by atomic mass is 32.2. The van der Waals surface area contributed by atoms with Crippen LogP contribution in [-0.2, 0) is 6.42 Å². The lowest BCUT2D eigenvalue weighted by Crippen LogP contribution is -1.94. The molecule has 0 amide bonds. The van der Waals surface area contributed by atoms with Crippen molar-refractivity contribution in [2.45, 2.75) is 6.42 Å². The van der Waals surface area contributed by atoms with Crippen molar-refractivity contribution < 1.29 is 9.90 Å². The molecule has 0 aliphatic heterocycles. The Bertz CT molecular complexity index is 279. The van der Waals surface area contributed by atoms with Gasteiger partial charge in [-0.1, -0.05) is 36.0 Å². The Morgan fingerprint density at radius 2 is 2.00 bits per heavy atom. The summed E-state index contributed by atoms with van der Waals surface area (Å²) in [6, 6.07) is 7.34. The SMILES string of the molecule is CSC(=O)c1ccc(CCO)cc1. The van der Waals surface area contributed by atoms with E-state index >= 15 is 0 Å². The lowest BCUT2D eigenvalue weighted by atomic mass is 10.1. The second-order valence-corrected chi connectivity index (χ2v) is 3.44. The first kappa shape index (κ1) is 10.3. The molecule has 0 bridgehead atoms. The number of aliphatic hydroxyl groups is 1. The molecule has 0 atom stereocenters. The molecule has 0 aliphatic rings. The van der Waals surface area contributed by atoms with E-state index in [-0.39, 0.29) is 11.7 Å². The highest BCUT2D eigenvalue weighted by molar-refractivity contribution is 8.13. The molecule has 3 heteroatoms. The Balaban J connectivity index is 2.75. The largest absolute Gasteiger partial charge is 0.396 e. The zero-order chi connectivity index (χ0) is 9.68. The van der Waals surface area contributed by atoms with Crippen LogP contribution in [-0.4, -0.2) is 23.1 Å². The minimum Gasteiger partial charge on any atom is -0.396 e. The standard InChI is InChI=1S/C10H12O2S/c1-13-10(12)9-4-2-8(3-5-9)6-7-11/h2-5,11H,6-7H2,1H3. The van der Waals surface area contributed by atoms with Gasteiger partial charge in [-0.2, -0.15) is 0 Å². The van der Waals surface area contributed by atoms with Crippen molar-refractivity contribution in [3.05, 3.63) is 35.4 Å². The quantitative estimate of drug-likeness (QED) is 0.800. The van der Waals surface area contributed by atoms with Crippen LogP contribution >= 0.6 is 11.8 Å². The molecule has 0 radical (unpaired) electrons. The number of carbonyl (C=O) groups is 1. The second-order valence-electron chi connectivity index (χ2n) is 2.66. The van der Waals surface area contributed by atoms with Crippen molar-refractivity contribution in [3.63, 3.8) is 0 Å². The predicted molar refractivity (Wildman–Crippen MR) is 55.1 cm³/mol. The Hall–Kier alpha value is -0.800. The first-order valence-corrected chi connectivity index (χ1v) is 5.28. The third-order valence-corrected chi connectivity index (χ3v) is 2.38. The average molecular weight is 196 g/mol. The minimum absolute atomic E-state index is 0.0792. The molecular weight excluding hydrogens is 184 g/mol. The third kappa shape index (κ3) is 2.86. The van der Waals surface area contributed by atoms with Crippen molar-refractivity contribution in [1.29, 1.82) is 0 Å². The normalized spacial score (nSPS) is 10.0. The molecule has 0 saturated carbocycles. The number of rotatable bonds is 3. The third-order valence-electron chi connectivity index (χ3n) is 1.78. The fraction of sp³-hybridized carbons (Fsp3) is 0.300. The van der Waals surface area contributed by atoms with Gasteiger partial charge in [0.15, 0.2) is 0 Å². The maximum atomic E-state index is 11.2. The van der Waals surface area contributed by atoms with Gasteiger partial charge in [0.2, 0.25) is 5.12 Å². The van der Waals surface area contributed by atoms with Crippen LogP contribution in [0.3, 0.4) is 0 Å². The molecule has 1 rings (SSSR count). The molecule has 0 spiro atoms. The van der Waals surface area contributed by atoms with E-state index in [4.69, 9.17) is 5.11 Å². The van der Waals surface area contributed by atoms with Crippen molar-refractivity contribution >= 4 is 16.9 Å². The Kier molecular flexibility index (Phi) is 3.99. The molecule has 0 fully saturated rings. The van der Waals surface area contributed by atoms with Gasteiger partial charge in [0, 0.05) is 12.2 Å². The molecule has 1 aromatic carbocycles. The van der Waals surface area contributed by atoms with Crippen LogP contribution in [0.4, 0.5) is 0 Å². The second kappa shape index (κ2) is 5.04. The van der Waals surface area contributed by atoms with E-state index < -0.39 is 0 Å². The Morgan fingerprint density at radius 3 is 2.46 bits per heavy atom. The van der Waals surface area contributed by atoms with Crippen LogP contribution in [0.5, 0.6) is 0 Å². The highest BCUT2D eigenvalue weighted by Crippen LogP contribution is 2.10. The van der Waals surface area contributed by atoms with Crippen molar-refractivity contribution in [2.24, 2.45) is 0 Å². The van der Waals surface area contributed by atoms with E-state index in [1.165, 1.54) is 11.8 Å². The zero-order valence-electron chi connectivity index (χ0n) is 7.49. The minimum atomic E-state index is 0.0792. The van der Waals surface area contributed by atoms with E-state index in [1.807, 2.05) is 12.1 Å². The summed E-state index contributed by atoms with van der Waals surface area (Å²) < 4.78 is 0. The molecule has 0 aromatic heterocycles. The summed E-state index contributed by atoms with van der Waals surface area (Å²) in [5, 5.41) is 8.75. The van der Waals surface area contributed by atoms with Gasteiger partial charge in [-0.3, -0.25) is 4.79 Å². The van der Waals surface area contributed by atoms with E-state index in [0.29, 0.717) is 12.0 Å². The van der Waals surface area contributed by atoms with E-state index in [0.717, 1.165) is 5.56 Å². The average Bonchev–Trinajstić information content (AvgIpc) is 2.18. The van der Waals surface area contributed by atoms with Crippen LogP contribution in [0.1, 0.15) is 15.9 Å². The van der Waals surface area contributed by atoms with Gasteiger partial charge in [0.05, 0.1) is 0 Å². The number of thioether (sulfide) groups is 1. The summed E-state index contributed by atoms with van der Waals surface area (Å²) in [6.45, 7) is 0.149. The van der Waals surface area contributed by atoms with Crippen molar-refractivity contribution in [3.8, 4) is 0 Å². The number of aliphatic hydroxyl groups excluding tert-OH is 1. The molecule has 70 valence electrons. The van der Waals surface area contributed by atoms with Crippen LogP contribution in [0.2, 0.25) is 0 Å². The number of carbonyl (C=O) groups excluding carboxylic acids is 1. The Labute approximate surface area is 82.0 Å². The lowest BCUT2D eigenvalue weighted by molar-refractivity contribution is 0.108. The van der Waals surface area contributed by atoms with Gasteiger partial charge >= 0.3 is 0 Å². The van der Waals surface area contributed by atoms with Gasteiger partial charge in [-0.25, -0.2) is 0 Å². The zero-order valence-corrected chi connectivity index (χ0v) is 8.30. The van der Waals surface area contributed by atoms with Gasteiger partial charge in [0.25, 0.3) is 0 Å². The van der Waals surface area contributed by atoms with Crippen LogP contribution < -0.4 is 0 Å².